The van der Waals surface area contributed by atoms with Crippen molar-refractivity contribution in [3.8, 4) is 0 Å². The van der Waals surface area contributed by atoms with E-state index in [9.17, 15) is 9.59 Å². The normalized spacial score (nSPS) is 15.2. The van der Waals surface area contributed by atoms with Gasteiger partial charge in [0, 0.05) is 11.8 Å². The maximum absolute atomic E-state index is 12.1. The highest BCUT2D eigenvalue weighted by atomic mass is 16.5. The van der Waals surface area contributed by atoms with Gasteiger partial charge >= 0.3 is 0 Å². The number of carbonyl (C=O) groups is 2. The Bertz CT molecular complexity index is 572. The number of rotatable bonds is 4. The van der Waals surface area contributed by atoms with Crippen LogP contribution >= 0.6 is 0 Å². The van der Waals surface area contributed by atoms with E-state index in [4.69, 9.17) is 9.47 Å². The largest absolute Gasteiger partial charge is 0.490 e. The fraction of sp³-hybridized carbons (Fsp3) is 0.143. The lowest BCUT2D eigenvalue weighted by Crippen LogP contribution is -2.25. The number of benzene rings is 1. The number of para-hydroxylation sites is 1. The quantitative estimate of drug-likeness (QED) is 0.833. The second-order valence-electron chi connectivity index (χ2n) is 3.81. The number of ketones is 2. The third kappa shape index (κ3) is 2.49. The van der Waals surface area contributed by atoms with Gasteiger partial charge in [0.2, 0.25) is 23.1 Å². The van der Waals surface area contributed by atoms with E-state index < -0.39 is 11.6 Å². The number of carbonyl (C=O) groups excluding carboxylic acids is 2. The Balaban J connectivity index is 2.30. The molecule has 0 fully saturated rings. The van der Waals surface area contributed by atoms with Crippen LogP contribution in [0.5, 0.6) is 0 Å². The van der Waals surface area contributed by atoms with Gasteiger partial charge in [-0.2, -0.15) is 0 Å². The van der Waals surface area contributed by atoms with E-state index in [1.165, 1.54) is 20.3 Å². The molecule has 98 valence electrons. The summed E-state index contributed by atoms with van der Waals surface area (Å²) in [6.45, 7) is 0. The van der Waals surface area contributed by atoms with Crippen LogP contribution in [0.25, 0.3) is 0 Å². The van der Waals surface area contributed by atoms with Crippen molar-refractivity contribution in [3.63, 3.8) is 0 Å². The molecule has 0 bridgehead atoms. The molecule has 0 radical (unpaired) electrons. The fourth-order valence-electron chi connectivity index (χ4n) is 1.75. The smallest absolute Gasteiger partial charge is 0.247 e. The molecule has 0 heterocycles. The summed E-state index contributed by atoms with van der Waals surface area (Å²) in [7, 11) is 2.65. The molecule has 0 atom stereocenters. The molecule has 0 aliphatic heterocycles. The first kappa shape index (κ1) is 12.9. The second kappa shape index (κ2) is 5.39. The third-order valence-corrected chi connectivity index (χ3v) is 2.62. The van der Waals surface area contributed by atoms with E-state index in [1.807, 2.05) is 18.2 Å². The molecule has 1 aliphatic carbocycles. The second-order valence-corrected chi connectivity index (χ2v) is 3.81. The molecule has 0 saturated carbocycles. The number of hydrogen-bond donors (Lipinski definition) is 1. The Hall–Kier alpha value is -2.56. The minimum Gasteiger partial charge on any atom is -0.490 e. The summed E-state index contributed by atoms with van der Waals surface area (Å²) in [6.07, 6.45) is 1.21. The maximum atomic E-state index is 12.1. The van der Waals surface area contributed by atoms with Gasteiger partial charge in [-0.3, -0.25) is 9.59 Å². The first-order chi connectivity index (χ1) is 9.17. The van der Waals surface area contributed by atoms with Crippen molar-refractivity contribution in [1.82, 2.24) is 0 Å². The Kier molecular flexibility index (Phi) is 3.66. The van der Waals surface area contributed by atoms with E-state index in [0.717, 1.165) is 0 Å². The van der Waals surface area contributed by atoms with Crippen molar-refractivity contribution < 1.29 is 19.1 Å². The number of ether oxygens (including phenoxy) is 2. The van der Waals surface area contributed by atoms with Crippen molar-refractivity contribution in [2.45, 2.75) is 0 Å². The molecule has 19 heavy (non-hydrogen) atoms. The summed E-state index contributed by atoms with van der Waals surface area (Å²) in [5, 5.41) is 2.89. The zero-order valence-electron chi connectivity index (χ0n) is 10.6. The molecule has 2 rings (SSSR count). The van der Waals surface area contributed by atoms with Crippen LogP contribution in [0.3, 0.4) is 0 Å². The first-order valence-electron chi connectivity index (χ1n) is 5.62. The van der Waals surface area contributed by atoms with Crippen LogP contribution in [-0.4, -0.2) is 25.8 Å². The lowest BCUT2D eigenvalue weighted by Gasteiger charge is -2.17. The van der Waals surface area contributed by atoms with Gasteiger partial charge in [-0.05, 0) is 12.1 Å². The molecule has 0 saturated heterocycles. The highest BCUT2D eigenvalue weighted by molar-refractivity contribution is 6.22. The predicted molar refractivity (Wildman–Crippen MR) is 69.2 cm³/mol. The van der Waals surface area contributed by atoms with Gasteiger partial charge in [0.1, 0.15) is 0 Å². The number of methoxy groups -OCH3 is 2. The van der Waals surface area contributed by atoms with Crippen LogP contribution < -0.4 is 5.32 Å². The lowest BCUT2D eigenvalue weighted by molar-refractivity contribution is -0.120. The molecule has 1 N–H and O–H groups in total. The molecular formula is C14H13NO4. The molecule has 0 amide bonds. The standard InChI is InChI=1S/C14H13NO4/c1-18-13-11(16)8-10(12(17)14(13)19-2)15-9-6-4-3-5-7-9/h3-8,15H,1-2H3. The van der Waals surface area contributed by atoms with Crippen LogP contribution in [-0.2, 0) is 19.1 Å². The van der Waals surface area contributed by atoms with Crippen molar-refractivity contribution in [1.29, 1.82) is 0 Å². The summed E-state index contributed by atoms with van der Waals surface area (Å²) in [4.78, 5) is 23.9. The van der Waals surface area contributed by atoms with Crippen molar-refractivity contribution in [3.05, 3.63) is 53.6 Å². The van der Waals surface area contributed by atoms with Gasteiger partial charge in [0.25, 0.3) is 0 Å². The van der Waals surface area contributed by atoms with Gasteiger partial charge in [-0.15, -0.1) is 0 Å². The van der Waals surface area contributed by atoms with Crippen LogP contribution in [0.2, 0.25) is 0 Å². The van der Waals surface area contributed by atoms with Crippen molar-refractivity contribution >= 4 is 17.3 Å². The van der Waals surface area contributed by atoms with Gasteiger partial charge < -0.3 is 14.8 Å². The SMILES string of the molecule is COC1=C(OC)C(=O)C(Nc2ccccc2)=CC1=O. The Morgan fingerprint density at radius 1 is 0.947 bits per heavy atom. The number of nitrogens with one attached hydrogen (secondary N) is 1. The molecule has 1 aromatic rings. The number of hydrogen-bond acceptors (Lipinski definition) is 5. The highest BCUT2D eigenvalue weighted by Crippen LogP contribution is 2.21. The van der Waals surface area contributed by atoms with Crippen molar-refractivity contribution in [2.75, 3.05) is 19.5 Å². The van der Waals surface area contributed by atoms with E-state index in [0.29, 0.717) is 5.69 Å². The molecule has 0 aromatic heterocycles. The zero-order valence-corrected chi connectivity index (χ0v) is 10.6. The summed E-state index contributed by atoms with van der Waals surface area (Å²) >= 11 is 0. The number of anilines is 1. The molecular weight excluding hydrogens is 246 g/mol. The predicted octanol–water partition coefficient (Wildman–Crippen LogP) is 1.64. The average molecular weight is 259 g/mol. The van der Waals surface area contributed by atoms with Gasteiger partial charge in [0.05, 0.1) is 19.9 Å². The van der Waals surface area contributed by atoms with E-state index >= 15 is 0 Å². The molecule has 5 nitrogen and oxygen atoms in total. The Morgan fingerprint density at radius 2 is 1.58 bits per heavy atom. The lowest BCUT2D eigenvalue weighted by atomic mass is 10.1. The van der Waals surface area contributed by atoms with Gasteiger partial charge in [-0.1, -0.05) is 18.2 Å². The van der Waals surface area contributed by atoms with Gasteiger partial charge in [0.15, 0.2) is 0 Å². The highest BCUT2D eigenvalue weighted by Gasteiger charge is 2.30. The minimum atomic E-state index is -0.414. The topological polar surface area (TPSA) is 64.6 Å². The van der Waals surface area contributed by atoms with E-state index in [2.05, 4.69) is 5.32 Å². The van der Waals surface area contributed by atoms with Crippen molar-refractivity contribution in [2.24, 2.45) is 0 Å². The summed E-state index contributed by atoms with van der Waals surface area (Å²) in [5.41, 5.74) is 0.875. The fourth-order valence-corrected chi connectivity index (χ4v) is 1.75. The van der Waals surface area contributed by atoms with Crippen LogP contribution in [0.4, 0.5) is 5.69 Å². The molecule has 0 unspecified atom stereocenters. The van der Waals surface area contributed by atoms with Crippen LogP contribution in [0.15, 0.2) is 53.6 Å². The Morgan fingerprint density at radius 3 is 2.16 bits per heavy atom. The molecule has 5 heteroatoms. The average Bonchev–Trinajstić information content (AvgIpc) is 2.43. The van der Waals surface area contributed by atoms with E-state index in [-0.39, 0.29) is 17.2 Å². The molecule has 1 aliphatic rings. The minimum absolute atomic E-state index is 0.0777. The Labute approximate surface area is 110 Å². The summed E-state index contributed by atoms with van der Waals surface area (Å²) < 4.78 is 9.84. The third-order valence-electron chi connectivity index (χ3n) is 2.62. The summed E-state index contributed by atoms with van der Waals surface area (Å²) in [6, 6.07) is 9.09. The molecule has 0 spiro atoms. The maximum Gasteiger partial charge on any atom is 0.247 e. The summed E-state index contributed by atoms with van der Waals surface area (Å²) in [5.74, 6) is -0.986. The first-order valence-corrected chi connectivity index (χ1v) is 5.62. The number of allylic oxidation sites excluding steroid dienone is 1. The van der Waals surface area contributed by atoms with E-state index in [1.54, 1.807) is 12.1 Å². The van der Waals surface area contributed by atoms with Crippen LogP contribution in [0, 0.1) is 0 Å². The van der Waals surface area contributed by atoms with Crippen LogP contribution in [0.1, 0.15) is 0 Å². The van der Waals surface area contributed by atoms with Gasteiger partial charge in [-0.25, -0.2) is 0 Å². The zero-order chi connectivity index (χ0) is 13.8. The number of Topliss-reactive ketones (excluding diaryl/α,β-unsaturated/α-hetero) is 1. The monoisotopic (exact) mass is 259 g/mol. The molecule has 1 aromatic carbocycles.